The fourth-order valence-electron chi connectivity index (χ4n) is 3.30. The molecule has 0 bridgehead atoms. The Kier molecular flexibility index (Phi) is 8.40. The van der Waals surface area contributed by atoms with E-state index in [0.29, 0.717) is 0 Å². The highest BCUT2D eigenvalue weighted by Gasteiger charge is 2.10. The highest BCUT2D eigenvalue weighted by molar-refractivity contribution is 5.79. The van der Waals surface area contributed by atoms with Crippen molar-refractivity contribution >= 4 is 5.96 Å². The summed E-state index contributed by atoms with van der Waals surface area (Å²) in [6.45, 7) is 7.30. The van der Waals surface area contributed by atoms with Crippen LogP contribution in [0.25, 0.3) is 0 Å². The van der Waals surface area contributed by atoms with Crippen molar-refractivity contribution in [3.8, 4) is 0 Å². The third-order valence-corrected chi connectivity index (χ3v) is 4.86. The summed E-state index contributed by atoms with van der Waals surface area (Å²) in [5, 5.41) is 3.50. The van der Waals surface area contributed by atoms with Gasteiger partial charge in [-0.15, -0.1) is 0 Å². The number of nitrogens with zero attached hydrogens (tertiary/aromatic N) is 3. The maximum atomic E-state index is 5.43. The molecule has 2 heterocycles. The van der Waals surface area contributed by atoms with E-state index in [1.807, 2.05) is 18.2 Å². The van der Waals surface area contributed by atoms with Gasteiger partial charge in [-0.25, -0.2) is 0 Å². The number of hydrogen-bond acceptors (Lipinski definition) is 4. The molecule has 1 saturated heterocycles. The quantitative estimate of drug-likeness (QED) is 0.409. The van der Waals surface area contributed by atoms with Crippen LogP contribution in [0.5, 0.6) is 0 Å². The maximum absolute atomic E-state index is 5.43. The van der Waals surface area contributed by atoms with Crippen LogP contribution in [0, 0.1) is 0 Å². The Balaban J connectivity index is 1.50. The van der Waals surface area contributed by atoms with Crippen molar-refractivity contribution in [3.05, 3.63) is 60.1 Å². The number of benzene rings is 1. The Morgan fingerprint density at radius 2 is 1.96 bits per heavy atom. The smallest absolute Gasteiger partial charge is 0.193 e. The number of furan rings is 1. The van der Waals surface area contributed by atoms with Crippen LogP contribution in [0.3, 0.4) is 0 Å². The minimum absolute atomic E-state index is 0.801. The van der Waals surface area contributed by atoms with Gasteiger partial charge in [0.25, 0.3) is 0 Å². The second-order valence-corrected chi connectivity index (χ2v) is 7.11. The van der Waals surface area contributed by atoms with Crippen molar-refractivity contribution in [1.82, 2.24) is 15.1 Å². The van der Waals surface area contributed by atoms with Gasteiger partial charge >= 0.3 is 0 Å². The predicted molar refractivity (Wildman–Crippen MR) is 113 cm³/mol. The average Bonchev–Trinajstić information content (AvgIpc) is 3.25. The van der Waals surface area contributed by atoms with Gasteiger partial charge in [-0.3, -0.25) is 9.89 Å². The zero-order chi connectivity index (χ0) is 19.4. The first-order chi connectivity index (χ1) is 13.8. The number of morpholine rings is 1. The SMILES string of the molecule is CN(Cc1ccccc1)C(=NCCCN1CCOCC1)NCCc1ccco1. The van der Waals surface area contributed by atoms with Gasteiger partial charge in [0.05, 0.1) is 19.5 Å². The van der Waals surface area contributed by atoms with Crippen molar-refractivity contribution in [1.29, 1.82) is 0 Å². The number of rotatable bonds is 9. The Hall–Kier alpha value is -2.31. The summed E-state index contributed by atoms with van der Waals surface area (Å²) in [5.41, 5.74) is 1.28. The fourth-order valence-corrected chi connectivity index (χ4v) is 3.30. The van der Waals surface area contributed by atoms with Gasteiger partial charge < -0.3 is 19.4 Å². The van der Waals surface area contributed by atoms with Gasteiger partial charge in [0.15, 0.2) is 5.96 Å². The highest BCUT2D eigenvalue weighted by Crippen LogP contribution is 2.04. The van der Waals surface area contributed by atoms with Crippen molar-refractivity contribution in [2.24, 2.45) is 4.99 Å². The zero-order valence-electron chi connectivity index (χ0n) is 16.8. The van der Waals surface area contributed by atoms with Gasteiger partial charge in [0.2, 0.25) is 0 Å². The minimum Gasteiger partial charge on any atom is -0.469 e. The highest BCUT2D eigenvalue weighted by atomic mass is 16.5. The number of nitrogens with one attached hydrogen (secondary N) is 1. The molecule has 6 heteroatoms. The van der Waals surface area contributed by atoms with E-state index < -0.39 is 0 Å². The summed E-state index contributed by atoms with van der Waals surface area (Å²) in [6, 6.07) is 14.4. The van der Waals surface area contributed by atoms with Crippen molar-refractivity contribution in [2.45, 2.75) is 19.4 Å². The van der Waals surface area contributed by atoms with Crippen molar-refractivity contribution in [2.75, 3.05) is 53.0 Å². The lowest BCUT2D eigenvalue weighted by Gasteiger charge is -2.26. The fraction of sp³-hybridized carbons (Fsp3) is 0.500. The summed E-state index contributed by atoms with van der Waals surface area (Å²) >= 11 is 0. The summed E-state index contributed by atoms with van der Waals surface area (Å²) in [4.78, 5) is 9.51. The molecule has 1 N–H and O–H groups in total. The van der Waals surface area contributed by atoms with E-state index in [-0.39, 0.29) is 0 Å². The predicted octanol–water partition coefficient (Wildman–Crippen LogP) is 2.62. The molecule has 0 atom stereocenters. The molecule has 3 rings (SSSR count). The third-order valence-electron chi connectivity index (χ3n) is 4.86. The third kappa shape index (κ3) is 7.02. The zero-order valence-corrected chi connectivity index (χ0v) is 16.8. The first-order valence-electron chi connectivity index (χ1n) is 10.2. The molecule has 2 aromatic rings. The van der Waals surface area contributed by atoms with Crippen LogP contribution in [-0.4, -0.2) is 68.7 Å². The molecule has 0 radical (unpaired) electrons. The second-order valence-electron chi connectivity index (χ2n) is 7.11. The topological polar surface area (TPSA) is 53.2 Å². The summed E-state index contributed by atoms with van der Waals surface area (Å²) in [7, 11) is 2.09. The summed E-state index contributed by atoms with van der Waals surface area (Å²) in [5.74, 6) is 1.93. The van der Waals surface area contributed by atoms with Crippen LogP contribution in [0.4, 0.5) is 0 Å². The van der Waals surface area contributed by atoms with E-state index in [4.69, 9.17) is 14.1 Å². The molecule has 0 unspecified atom stereocenters. The van der Waals surface area contributed by atoms with Crippen LogP contribution in [0.2, 0.25) is 0 Å². The summed E-state index contributed by atoms with van der Waals surface area (Å²) < 4.78 is 10.8. The van der Waals surface area contributed by atoms with Gasteiger partial charge in [-0.2, -0.15) is 0 Å². The molecule has 1 fully saturated rings. The molecular weight excluding hydrogens is 352 g/mol. The van der Waals surface area contributed by atoms with E-state index in [1.165, 1.54) is 5.56 Å². The van der Waals surface area contributed by atoms with Crippen LogP contribution in [0.1, 0.15) is 17.7 Å². The molecular formula is C22H32N4O2. The van der Waals surface area contributed by atoms with E-state index in [2.05, 4.69) is 46.4 Å². The van der Waals surface area contributed by atoms with E-state index in [1.54, 1.807) is 6.26 Å². The maximum Gasteiger partial charge on any atom is 0.193 e. The molecule has 6 nitrogen and oxygen atoms in total. The van der Waals surface area contributed by atoms with Crippen LogP contribution in [-0.2, 0) is 17.7 Å². The van der Waals surface area contributed by atoms with E-state index in [9.17, 15) is 0 Å². The number of ether oxygens (including phenoxy) is 1. The van der Waals surface area contributed by atoms with Crippen LogP contribution < -0.4 is 5.32 Å². The molecule has 0 spiro atoms. The van der Waals surface area contributed by atoms with Gasteiger partial charge in [-0.1, -0.05) is 30.3 Å². The normalized spacial score (nSPS) is 15.5. The lowest BCUT2D eigenvalue weighted by molar-refractivity contribution is 0.0377. The van der Waals surface area contributed by atoms with E-state index >= 15 is 0 Å². The van der Waals surface area contributed by atoms with Crippen LogP contribution >= 0.6 is 0 Å². The molecule has 28 heavy (non-hydrogen) atoms. The second kappa shape index (κ2) is 11.5. The molecule has 1 aromatic carbocycles. The first-order valence-corrected chi connectivity index (χ1v) is 10.2. The molecule has 152 valence electrons. The number of guanidine groups is 1. The Morgan fingerprint density at radius 3 is 2.71 bits per heavy atom. The minimum atomic E-state index is 0.801. The van der Waals surface area contributed by atoms with Gasteiger partial charge in [0.1, 0.15) is 5.76 Å². The molecule has 0 aliphatic carbocycles. The Labute approximate surface area is 168 Å². The number of hydrogen-bond donors (Lipinski definition) is 1. The lowest BCUT2D eigenvalue weighted by atomic mass is 10.2. The van der Waals surface area contributed by atoms with Crippen LogP contribution in [0.15, 0.2) is 58.1 Å². The Bertz CT molecular complexity index is 682. The molecule has 0 amide bonds. The first kappa shape index (κ1) is 20.4. The standard InChI is InChI=1S/C22H32N4O2/c1-25(19-20-7-3-2-4-8-20)22(24-12-10-21-9-5-16-28-21)23-11-6-13-26-14-17-27-18-15-26/h2-5,7-9,16H,6,10-15,17-19H2,1H3,(H,23,24). The largest absolute Gasteiger partial charge is 0.469 e. The Morgan fingerprint density at radius 1 is 1.14 bits per heavy atom. The molecule has 1 aliphatic rings. The lowest BCUT2D eigenvalue weighted by Crippen LogP contribution is -2.40. The summed E-state index contributed by atoms with van der Waals surface area (Å²) in [6.07, 6.45) is 3.62. The molecule has 1 aliphatic heterocycles. The average molecular weight is 385 g/mol. The van der Waals surface area contributed by atoms with Crippen molar-refractivity contribution < 1.29 is 9.15 Å². The van der Waals surface area contributed by atoms with Gasteiger partial charge in [-0.05, 0) is 24.1 Å². The van der Waals surface area contributed by atoms with Crippen molar-refractivity contribution in [3.63, 3.8) is 0 Å². The van der Waals surface area contributed by atoms with E-state index in [0.717, 1.165) is 77.0 Å². The molecule has 0 saturated carbocycles. The monoisotopic (exact) mass is 384 g/mol. The van der Waals surface area contributed by atoms with Gasteiger partial charge in [0, 0.05) is 52.7 Å². The molecule has 1 aromatic heterocycles. The number of aliphatic imine (C=N–C) groups is 1.